The van der Waals surface area contributed by atoms with E-state index in [0.29, 0.717) is 41.7 Å². The summed E-state index contributed by atoms with van der Waals surface area (Å²) in [6, 6.07) is 16.4. The summed E-state index contributed by atoms with van der Waals surface area (Å²) in [5.41, 5.74) is -1.95. The molecule has 0 aromatic heterocycles. The molecule has 0 saturated heterocycles. The Labute approximate surface area is 204 Å². The predicted octanol–water partition coefficient (Wildman–Crippen LogP) is 7.04. The van der Waals surface area contributed by atoms with Gasteiger partial charge in [0.25, 0.3) is 5.91 Å². The fourth-order valence-electron chi connectivity index (χ4n) is 3.51. The molecule has 1 N–H and O–H groups in total. The number of ether oxygens (including phenoxy) is 2. The fourth-order valence-corrected chi connectivity index (χ4v) is 4.27. The third kappa shape index (κ3) is 6.61. The molecule has 0 atom stereocenters. The summed E-state index contributed by atoms with van der Waals surface area (Å²) in [7, 11) is 0. The second kappa shape index (κ2) is 10.6. The van der Waals surface area contributed by atoms with Crippen LogP contribution in [-0.2, 0) is 12.8 Å². The van der Waals surface area contributed by atoms with Crippen molar-refractivity contribution in [2.24, 2.45) is 0 Å². The Balaban J connectivity index is 1.29. The molecule has 0 bridgehead atoms. The first-order valence-corrected chi connectivity index (χ1v) is 11.8. The molecule has 3 aromatic rings. The second-order valence-corrected chi connectivity index (χ2v) is 9.21. The minimum absolute atomic E-state index is 0.131. The van der Waals surface area contributed by atoms with Crippen LogP contribution in [0.1, 0.15) is 27.9 Å². The predicted molar refractivity (Wildman–Crippen MR) is 126 cm³/mol. The number of fused-ring (bicyclic) bond motifs is 1. The van der Waals surface area contributed by atoms with E-state index in [9.17, 15) is 18.0 Å². The number of halogens is 4. The van der Waals surface area contributed by atoms with Crippen LogP contribution in [-0.4, -0.2) is 24.6 Å². The molecule has 4 rings (SSSR count). The Bertz CT molecular complexity index is 1150. The standard InChI is InChI=1S/C25H21ClF3NO3S/c26-21-14-18-2-1-13-32-22(18)15-23(21)33-19-7-5-17(6-8-19)24(31)30-12-11-16-3-9-20(10-4-16)34-25(27,28)29/h3-10,14-15H,1-2,11-13H2,(H,30,31). The van der Waals surface area contributed by atoms with Crippen molar-refractivity contribution in [3.63, 3.8) is 0 Å². The average Bonchev–Trinajstić information content (AvgIpc) is 2.80. The molecule has 0 saturated carbocycles. The van der Waals surface area contributed by atoms with Crippen LogP contribution in [0.2, 0.25) is 5.02 Å². The average molecular weight is 508 g/mol. The Kier molecular flexibility index (Phi) is 7.58. The quantitative estimate of drug-likeness (QED) is 0.348. The van der Waals surface area contributed by atoms with E-state index in [-0.39, 0.29) is 22.6 Å². The summed E-state index contributed by atoms with van der Waals surface area (Å²) in [6.45, 7) is 1.02. The summed E-state index contributed by atoms with van der Waals surface area (Å²) in [4.78, 5) is 12.5. The molecular formula is C25H21ClF3NO3S. The highest BCUT2D eigenvalue weighted by atomic mass is 35.5. The number of alkyl halides is 3. The number of hydrogen-bond acceptors (Lipinski definition) is 4. The van der Waals surface area contributed by atoms with Gasteiger partial charge in [0.15, 0.2) is 0 Å². The molecule has 1 aliphatic rings. The smallest absolute Gasteiger partial charge is 0.446 e. The lowest BCUT2D eigenvalue weighted by atomic mass is 10.1. The van der Waals surface area contributed by atoms with Gasteiger partial charge in [-0.05, 0) is 84.6 Å². The van der Waals surface area contributed by atoms with Gasteiger partial charge in [-0.15, -0.1) is 0 Å². The molecule has 1 heterocycles. The zero-order valence-corrected chi connectivity index (χ0v) is 19.5. The van der Waals surface area contributed by atoms with Gasteiger partial charge >= 0.3 is 5.51 Å². The summed E-state index contributed by atoms with van der Waals surface area (Å²) in [5, 5.41) is 3.31. The molecule has 3 aromatic carbocycles. The molecule has 4 nitrogen and oxygen atoms in total. The Hall–Kier alpha value is -2.84. The number of amides is 1. The lowest BCUT2D eigenvalue weighted by Crippen LogP contribution is -2.25. The number of thioether (sulfide) groups is 1. The maximum Gasteiger partial charge on any atom is 0.446 e. The first kappa shape index (κ1) is 24.3. The number of rotatable bonds is 7. The van der Waals surface area contributed by atoms with E-state index in [0.717, 1.165) is 29.7 Å². The number of carbonyl (C=O) groups is 1. The van der Waals surface area contributed by atoms with E-state index in [1.807, 2.05) is 6.07 Å². The summed E-state index contributed by atoms with van der Waals surface area (Å²) >= 11 is 6.19. The Morgan fingerprint density at radius 2 is 1.82 bits per heavy atom. The summed E-state index contributed by atoms with van der Waals surface area (Å²) in [6.07, 6.45) is 2.38. The third-order valence-corrected chi connectivity index (χ3v) is 6.20. The van der Waals surface area contributed by atoms with Gasteiger partial charge < -0.3 is 14.8 Å². The number of hydrogen-bond donors (Lipinski definition) is 1. The van der Waals surface area contributed by atoms with Crippen molar-refractivity contribution in [3.8, 4) is 17.2 Å². The maximum atomic E-state index is 12.4. The number of aryl methyl sites for hydroxylation is 1. The molecule has 1 aliphatic heterocycles. The van der Waals surface area contributed by atoms with E-state index < -0.39 is 5.51 Å². The second-order valence-electron chi connectivity index (χ2n) is 7.67. The van der Waals surface area contributed by atoms with Crippen LogP contribution in [0.3, 0.4) is 0 Å². The lowest BCUT2D eigenvalue weighted by molar-refractivity contribution is -0.0328. The number of nitrogens with one attached hydrogen (secondary N) is 1. The van der Waals surface area contributed by atoms with Crippen molar-refractivity contribution in [1.82, 2.24) is 5.32 Å². The third-order valence-electron chi connectivity index (χ3n) is 5.16. The topological polar surface area (TPSA) is 47.6 Å². The fraction of sp³-hybridized carbons (Fsp3) is 0.240. The van der Waals surface area contributed by atoms with Crippen LogP contribution in [0, 0.1) is 0 Å². The van der Waals surface area contributed by atoms with Gasteiger partial charge in [-0.25, -0.2) is 0 Å². The molecular weight excluding hydrogens is 487 g/mol. The van der Waals surface area contributed by atoms with Crippen molar-refractivity contribution in [3.05, 3.63) is 82.4 Å². The first-order valence-electron chi connectivity index (χ1n) is 10.6. The molecule has 0 unspecified atom stereocenters. The van der Waals surface area contributed by atoms with E-state index in [4.69, 9.17) is 21.1 Å². The summed E-state index contributed by atoms with van der Waals surface area (Å²) < 4.78 is 48.7. The minimum Gasteiger partial charge on any atom is -0.493 e. The van der Waals surface area contributed by atoms with Crippen molar-refractivity contribution >= 4 is 29.3 Å². The van der Waals surface area contributed by atoms with Gasteiger partial charge in [-0.2, -0.15) is 13.2 Å². The van der Waals surface area contributed by atoms with Gasteiger partial charge in [0, 0.05) is 23.1 Å². The first-order chi connectivity index (χ1) is 16.3. The molecule has 9 heteroatoms. The molecule has 178 valence electrons. The molecule has 0 spiro atoms. The highest BCUT2D eigenvalue weighted by molar-refractivity contribution is 8.00. The highest BCUT2D eigenvalue weighted by Crippen LogP contribution is 2.38. The Morgan fingerprint density at radius 1 is 1.09 bits per heavy atom. The van der Waals surface area contributed by atoms with E-state index >= 15 is 0 Å². The highest BCUT2D eigenvalue weighted by Gasteiger charge is 2.29. The van der Waals surface area contributed by atoms with Crippen LogP contribution in [0.15, 0.2) is 65.6 Å². The van der Waals surface area contributed by atoms with Crippen LogP contribution in [0.25, 0.3) is 0 Å². The van der Waals surface area contributed by atoms with Crippen LogP contribution >= 0.6 is 23.4 Å². The molecule has 0 aliphatic carbocycles. The zero-order chi connectivity index (χ0) is 24.1. The van der Waals surface area contributed by atoms with Gasteiger partial charge in [0.2, 0.25) is 0 Å². The molecule has 0 fully saturated rings. The van der Waals surface area contributed by atoms with Crippen molar-refractivity contribution in [1.29, 1.82) is 0 Å². The molecule has 34 heavy (non-hydrogen) atoms. The minimum atomic E-state index is -4.31. The van der Waals surface area contributed by atoms with Crippen LogP contribution < -0.4 is 14.8 Å². The van der Waals surface area contributed by atoms with Gasteiger partial charge in [0.05, 0.1) is 11.6 Å². The van der Waals surface area contributed by atoms with E-state index in [1.54, 1.807) is 42.5 Å². The molecule has 1 amide bonds. The monoisotopic (exact) mass is 507 g/mol. The van der Waals surface area contributed by atoms with Crippen molar-refractivity contribution in [2.75, 3.05) is 13.2 Å². The van der Waals surface area contributed by atoms with E-state index in [1.165, 1.54) is 12.1 Å². The van der Waals surface area contributed by atoms with Crippen LogP contribution in [0.4, 0.5) is 13.2 Å². The SMILES string of the molecule is O=C(NCCc1ccc(SC(F)(F)F)cc1)c1ccc(Oc2cc3c(cc2Cl)CCCO3)cc1. The van der Waals surface area contributed by atoms with Gasteiger partial charge in [-0.3, -0.25) is 4.79 Å². The number of carbonyl (C=O) groups excluding carboxylic acids is 1. The van der Waals surface area contributed by atoms with Gasteiger partial charge in [-0.1, -0.05) is 23.7 Å². The lowest BCUT2D eigenvalue weighted by Gasteiger charge is -2.19. The normalized spacial score (nSPS) is 13.1. The Morgan fingerprint density at radius 3 is 2.53 bits per heavy atom. The maximum absolute atomic E-state index is 12.4. The number of benzene rings is 3. The summed E-state index contributed by atoms with van der Waals surface area (Å²) in [5.74, 6) is 1.54. The van der Waals surface area contributed by atoms with Gasteiger partial charge in [0.1, 0.15) is 17.2 Å². The molecule has 0 radical (unpaired) electrons. The van der Waals surface area contributed by atoms with Crippen LogP contribution in [0.5, 0.6) is 17.2 Å². The largest absolute Gasteiger partial charge is 0.493 e. The zero-order valence-electron chi connectivity index (χ0n) is 18.0. The van der Waals surface area contributed by atoms with E-state index in [2.05, 4.69) is 5.32 Å². The van der Waals surface area contributed by atoms with Crippen molar-refractivity contribution in [2.45, 2.75) is 29.7 Å². The van der Waals surface area contributed by atoms with Crippen molar-refractivity contribution < 1.29 is 27.4 Å².